The fourth-order valence-corrected chi connectivity index (χ4v) is 2.79. The van der Waals surface area contributed by atoms with Crippen LogP contribution in [-0.2, 0) is 11.3 Å². The fourth-order valence-electron chi connectivity index (χ4n) is 2.79. The molecule has 1 amide bonds. The molecule has 2 aromatic rings. The van der Waals surface area contributed by atoms with E-state index in [0.29, 0.717) is 6.54 Å². The zero-order valence-electron chi connectivity index (χ0n) is 12.4. The van der Waals surface area contributed by atoms with Gasteiger partial charge in [-0.1, -0.05) is 6.42 Å². The van der Waals surface area contributed by atoms with Crippen molar-refractivity contribution >= 4 is 5.91 Å². The lowest BCUT2D eigenvalue weighted by Gasteiger charge is -2.33. The molecule has 3 heterocycles. The van der Waals surface area contributed by atoms with Crippen molar-refractivity contribution in [1.82, 2.24) is 30.4 Å². The second-order valence-corrected chi connectivity index (χ2v) is 5.44. The first-order valence-corrected chi connectivity index (χ1v) is 7.58. The molecule has 22 heavy (non-hydrogen) atoms. The summed E-state index contributed by atoms with van der Waals surface area (Å²) in [7, 11) is 0. The number of likely N-dealkylation sites (tertiary alicyclic amines) is 1. The normalized spacial score (nSPS) is 17.3. The van der Waals surface area contributed by atoms with Crippen LogP contribution in [0.3, 0.4) is 0 Å². The van der Waals surface area contributed by atoms with Gasteiger partial charge in [-0.15, -0.1) is 5.10 Å². The molecule has 2 aromatic heterocycles. The van der Waals surface area contributed by atoms with Crippen LogP contribution in [0.4, 0.5) is 0 Å². The van der Waals surface area contributed by atoms with Gasteiger partial charge >= 0.3 is 0 Å². The summed E-state index contributed by atoms with van der Waals surface area (Å²) in [5.74, 6) is 0.783. The minimum absolute atomic E-state index is 0.0770. The maximum absolute atomic E-state index is 12.0. The third kappa shape index (κ3) is 3.70. The van der Waals surface area contributed by atoms with E-state index in [-0.39, 0.29) is 18.5 Å². The number of carbonyl (C=O) groups excluding carboxylic acids is 1. The van der Waals surface area contributed by atoms with Gasteiger partial charge in [0.15, 0.2) is 0 Å². The number of aromatic nitrogens is 4. The monoisotopic (exact) mass is 304 g/mol. The maximum Gasteiger partial charge on any atom is 0.241 e. The van der Waals surface area contributed by atoms with Crippen molar-refractivity contribution < 1.29 is 9.21 Å². The number of rotatable bonds is 6. The lowest BCUT2D eigenvalue weighted by molar-refractivity contribution is -0.122. The van der Waals surface area contributed by atoms with Gasteiger partial charge in [-0.3, -0.25) is 9.69 Å². The number of amides is 1. The highest BCUT2D eigenvalue weighted by Gasteiger charge is 2.24. The molecule has 0 aromatic carbocycles. The molecule has 118 valence electrons. The molecule has 3 rings (SSSR count). The SMILES string of the molecule is O=C(Cn1cnnn1)NCC(c1ccco1)N1CCCCC1. The highest BCUT2D eigenvalue weighted by Crippen LogP contribution is 2.24. The summed E-state index contributed by atoms with van der Waals surface area (Å²) in [6.07, 6.45) is 6.75. The van der Waals surface area contributed by atoms with Crippen molar-refractivity contribution in [3.63, 3.8) is 0 Å². The Kier molecular flexibility index (Phi) is 4.79. The fraction of sp³-hybridized carbons (Fsp3) is 0.571. The van der Waals surface area contributed by atoms with E-state index in [9.17, 15) is 4.79 Å². The van der Waals surface area contributed by atoms with Crippen LogP contribution >= 0.6 is 0 Å². The summed E-state index contributed by atoms with van der Waals surface area (Å²) in [6.45, 7) is 2.72. The molecule has 8 heteroatoms. The minimum Gasteiger partial charge on any atom is -0.468 e. The van der Waals surface area contributed by atoms with Gasteiger partial charge in [-0.05, 0) is 48.5 Å². The Morgan fingerprint density at radius 3 is 2.91 bits per heavy atom. The van der Waals surface area contributed by atoms with Gasteiger partial charge in [-0.2, -0.15) is 0 Å². The van der Waals surface area contributed by atoms with Crippen LogP contribution in [-0.4, -0.2) is 50.6 Å². The molecule has 0 aliphatic carbocycles. The summed E-state index contributed by atoms with van der Waals surface area (Å²) in [5, 5.41) is 13.7. The van der Waals surface area contributed by atoms with Gasteiger partial charge in [0.2, 0.25) is 5.91 Å². The van der Waals surface area contributed by atoms with Crippen LogP contribution in [0.2, 0.25) is 0 Å². The first-order chi connectivity index (χ1) is 10.8. The van der Waals surface area contributed by atoms with Crippen LogP contribution in [0, 0.1) is 0 Å². The van der Waals surface area contributed by atoms with Gasteiger partial charge in [0, 0.05) is 6.54 Å². The number of nitrogens with zero attached hydrogens (tertiary/aromatic N) is 5. The Labute approximate surface area is 128 Å². The Bertz CT molecular complexity index is 562. The lowest BCUT2D eigenvalue weighted by Crippen LogP contribution is -2.41. The average molecular weight is 304 g/mol. The molecule has 0 spiro atoms. The molecule has 1 N–H and O–H groups in total. The minimum atomic E-state index is -0.110. The van der Waals surface area contributed by atoms with Gasteiger partial charge in [0.05, 0.1) is 12.3 Å². The average Bonchev–Trinajstić information content (AvgIpc) is 3.22. The first kappa shape index (κ1) is 14.7. The van der Waals surface area contributed by atoms with E-state index in [2.05, 4.69) is 25.7 Å². The van der Waals surface area contributed by atoms with Crippen LogP contribution < -0.4 is 5.32 Å². The smallest absolute Gasteiger partial charge is 0.241 e. The number of tetrazole rings is 1. The number of furan rings is 1. The topological polar surface area (TPSA) is 89.1 Å². The van der Waals surface area contributed by atoms with Crippen molar-refractivity contribution in [2.24, 2.45) is 0 Å². The molecule has 1 fully saturated rings. The molecule has 1 atom stereocenters. The van der Waals surface area contributed by atoms with Crippen LogP contribution in [0.5, 0.6) is 0 Å². The number of nitrogens with one attached hydrogen (secondary N) is 1. The highest BCUT2D eigenvalue weighted by atomic mass is 16.3. The maximum atomic E-state index is 12.0. The molecule has 1 aliphatic heterocycles. The Morgan fingerprint density at radius 1 is 1.36 bits per heavy atom. The summed E-state index contributed by atoms with van der Waals surface area (Å²) >= 11 is 0. The van der Waals surface area contributed by atoms with Crippen molar-refractivity contribution in [1.29, 1.82) is 0 Å². The zero-order chi connectivity index (χ0) is 15.2. The predicted molar refractivity (Wildman–Crippen MR) is 77.7 cm³/mol. The number of hydrogen-bond acceptors (Lipinski definition) is 6. The number of piperidine rings is 1. The number of hydrogen-bond donors (Lipinski definition) is 1. The second-order valence-electron chi connectivity index (χ2n) is 5.44. The highest BCUT2D eigenvalue weighted by molar-refractivity contribution is 5.75. The van der Waals surface area contributed by atoms with E-state index < -0.39 is 0 Å². The standard InChI is InChI=1S/C14H20N6O2/c21-14(10-20-11-16-17-18-20)15-9-12(13-5-4-8-22-13)19-6-2-1-3-7-19/h4-5,8,11-12H,1-3,6-7,9-10H2,(H,15,21). The molecule has 1 saturated heterocycles. The third-order valence-electron chi connectivity index (χ3n) is 3.89. The van der Waals surface area contributed by atoms with Crippen molar-refractivity contribution in [3.8, 4) is 0 Å². The quantitative estimate of drug-likeness (QED) is 0.841. The Balaban J connectivity index is 1.59. The molecule has 0 radical (unpaired) electrons. The molecule has 1 unspecified atom stereocenters. The van der Waals surface area contributed by atoms with E-state index in [1.165, 1.54) is 30.3 Å². The van der Waals surface area contributed by atoms with Gasteiger partial charge < -0.3 is 9.73 Å². The van der Waals surface area contributed by atoms with Crippen LogP contribution in [0.1, 0.15) is 31.1 Å². The van der Waals surface area contributed by atoms with Gasteiger partial charge in [-0.25, -0.2) is 4.68 Å². The summed E-state index contributed by atoms with van der Waals surface area (Å²) < 4.78 is 6.96. The second kappa shape index (κ2) is 7.17. The molecule has 8 nitrogen and oxygen atoms in total. The van der Waals surface area contributed by atoms with E-state index in [1.54, 1.807) is 6.26 Å². The first-order valence-electron chi connectivity index (χ1n) is 7.58. The summed E-state index contributed by atoms with van der Waals surface area (Å²) in [4.78, 5) is 14.4. The molecule has 1 aliphatic rings. The Morgan fingerprint density at radius 2 is 2.23 bits per heavy atom. The van der Waals surface area contributed by atoms with E-state index >= 15 is 0 Å². The largest absolute Gasteiger partial charge is 0.468 e. The van der Waals surface area contributed by atoms with Gasteiger partial charge in [0.25, 0.3) is 0 Å². The van der Waals surface area contributed by atoms with Crippen molar-refractivity contribution in [2.75, 3.05) is 19.6 Å². The molecular formula is C14H20N6O2. The number of carbonyl (C=O) groups is 1. The van der Waals surface area contributed by atoms with Crippen molar-refractivity contribution in [3.05, 3.63) is 30.5 Å². The summed E-state index contributed by atoms with van der Waals surface area (Å²) in [6, 6.07) is 3.93. The molecule has 0 bridgehead atoms. The summed E-state index contributed by atoms with van der Waals surface area (Å²) in [5.41, 5.74) is 0. The molecular weight excluding hydrogens is 284 g/mol. The zero-order valence-corrected chi connectivity index (χ0v) is 12.4. The van der Waals surface area contributed by atoms with E-state index in [4.69, 9.17) is 4.42 Å². The lowest BCUT2D eigenvalue weighted by atomic mass is 10.1. The van der Waals surface area contributed by atoms with E-state index in [1.807, 2.05) is 12.1 Å². The van der Waals surface area contributed by atoms with Gasteiger partial charge in [0.1, 0.15) is 18.6 Å². The third-order valence-corrected chi connectivity index (χ3v) is 3.89. The van der Waals surface area contributed by atoms with E-state index in [0.717, 1.165) is 18.8 Å². The predicted octanol–water partition coefficient (Wildman–Crippen LogP) is 0.609. The van der Waals surface area contributed by atoms with Crippen molar-refractivity contribution in [2.45, 2.75) is 31.8 Å². The molecule has 0 saturated carbocycles. The Hall–Kier alpha value is -2.22. The van der Waals surface area contributed by atoms with Crippen LogP contribution in [0.25, 0.3) is 0 Å². The van der Waals surface area contributed by atoms with Crippen LogP contribution in [0.15, 0.2) is 29.1 Å².